The largest absolute Gasteiger partial charge is 0.342 e. The number of thiophene rings is 1. The van der Waals surface area contributed by atoms with Crippen LogP contribution in [-0.2, 0) is 4.79 Å². The quantitative estimate of drug-likeness (QED) is 0.621. The molecule has 1 rings (SSSR count). The van der Waals surface area contributed by atoms with Crippen molar-refractivity contribution >= 4 is 39.0 Å². The fraction of sp³-hybridized carbons (Fsp3) is 0.400. The minimum absolute atomic E-state index is 0.434. The molecular formula is C10H14BrNO2S. The summed E-state index contributed by atoms with van der Waals surface area (Å²) < 4.78 is 0.678. The minimum atomic E-state index is -0.501. The highest BCUT2D eigenvalue weighted by molar-refractivity contribution is 9.10. The fourth-order valence-corrected chi connectivity index (χ4v) is 2.22. The van der Waals surface area contributed by atoms with Crippen molar-refractivity contribution in [2.75, 3.05) is 14.1 Å². The van der Waals surface area contributed by atoms with Gasteiger partial charge >= 0.3 is 0 Å². The second-order valence-electron chi connectivity index (χ2n) is 2.66. The summed E-state index contributed by atoms with van der Waals surface area (Å²) in [5, 5.41) is 3.43. The smallest absolute Gasteiger partial charge is 0.294 e. The summed E-state index contributed by atoms with van der Waals surface area (Å²) >= 11 is 4.59. The highest BCUT2D eigenvalue weighted by Gasteiger charge is 2.20. The van der Waals surface area contributed by atoms with Gasteiger partial charge in [-0.3, -0.25) is 9.59 Å². The molecule has 0 bridgehead atoms. The number of halogens is 1. The second kappa shape index (κ2) is 6.74. The minimum Gasteiger partial charge on any atom is -0.342 e. The molecule has 15 heavy (non-hydrogen) atoms. The van der Waals surface area contributed by atoms with Crippen molar-refractivity contribution in [2.45, 2.75) is 13.8 Å². The molecule has 0 aliphatic rings. The lowest BCUT2D eigenvalue weighted by Gasteiger charge is -2.07. The van der Waals surface area contributed by atoms with Crippen molar-refractivity contribution in [3.8, 4) is 0 Å². The Morgan fingerprint density at radius 1 is 1.27 bits per heavy atom. The van der Waals surface area contributed by atoms with E-state index in [0.717, 1.165) is 0 Å². The molecule has 1 aromatic heterocycles. The highest BCUT2D eigenvalue weighted by Crippen LogP contribution is 2.21. The van der Waals surface area contributed by atoms with Gasteiger partial charge in [0.25, 0.3) is 11.7 Å². The SMILES string of the molecule is CC.CN(C)C(=O)C(=O)c1cscc1Br. The van der Waals surface area contributed by atoms with Gasteiger partial charge in [0.15, 0.2) is 0 Å². The molecule has 84 valence electrons. The molecule has 0 N–H and O–H groups in total. The molecule has 0 unspecified atom stereocenters. The number of Topliss-reactive ketones (excluding diaryl/α,β-unsaturated/α-hetero) is 1. The van der Waals surface area contributed by atoms with Crippen LogP contribution < -0.4 is 0 Å². The first-order chi connectivity index (χ1) is 7.04. The van der Waals surface area contributed by atoms with Crippen LogP contribution in [0.2, 0.25) is 0 Å². The Morgan fingerprint density at radius 2 is 1.80 bits per heavy atom. The lowest BCUT2D eigenvalue weighted by Crippen LogP contribution is -2.29. The van der Waals surface area contributed by atoms with Crippen LogP contribution in [0.25, 0.3) is 0 Å². The van der Waals surface area contributed by atoms with Crippen LogP contribution in [0.5, 0.6) is 0 Å². The predicted octanol–water partition coefficient (Wildman–Crippen LogP) is 2.81. The van der Waals surface area contributed by atoms with Crippen molar-refractivity contribution < 1.29 is 9.59 Å². The van der Waals surface area contributed by atoms with Crippen LogP contribution in [-0.4, -0.2) is 30.7 Å². The standard InChI is InChI=1S/C8H8BrNO2S.C2H6/c1-10(2)8(12)7(11)5-3-13-4-6(5)9;1-2/h3-4H,1-2H3;1-2H3. The lowest BCUT2D eigenvalue weighted by atomic mass is 10.2. The maximum atomic E-state index is 11.5. The molecule has 1 aromatic rings. The molecule has 0 aliphatic carbocycles. The van der Waals surface area contributed by atoms with Crippen LogP contribution >= 0.6 is 27.3 Å². The summed E-state index contributed by atoms with van der Waals surface area (Å²) in [4.78, 5) is 24.0. The Balaban J connectivity index is 0.000000921. The van der Waals surface area contributed by atoms with Gasteiger partial charge in [0.1, 0.15) is 0 Å². The number of ketones is 1. The number of likely N-dealkylation sites (N-methyl/N-ethyl adjacent to an activating group) is 1. The molecule has 0 atom stereocenters. The average molecular weight is 292 g/mol. The molecule has 5 heteroatoms. The third-order valence-corrected chi connectivity index (χ3v) is 3.16. The summed E-state index contributed by atoms with van der Waals surface area (Å²) in [5.74, 6) is -0.975. The van der Waals surface area contributed by atoms with Gasteiger partial charge in [-0.15, -0.1) is 0 Å². The molecule has 0 aromatic carbocycles. The van der Waals surface area contributed by atoms with Gasteiger partial charge in [0.05, 0.1) is 5.56 Å². The third-order valence-electron chi connectivity index (χ3n) is 1.46. The van der Waals surface area contributed by atoms with Gasteiger partial charge in [0.2, 0.25) is 0 Å². The first-order valence-corrected chi connectivity index (χ1v) is 6.25. The van der Waals surface area contributed by atoms with E-state index in [2.05, 4.69) is 15.9 Å². The Bertz CT molecular complexity index is 347. The van der Waals surface area contributed by atoms with Crippen LogP contribution in [0.3, 0.4) is 0 Å². The van der Waals surface area contributed by atoms with Crippen LogP contribution in [0.15, 0.2) is 15.2 Å². The fourth-order valence-electron chi connectivity index (χ4n) is 0.762. The Kier molecular flexibility index (Phi) is 6.43. The lowest BCUT2D eigenvalue weighted by molar-refractivity contribution is -0.124. The first kappa shape index (κ1) is 14.3. The normalized spacial score (nSPS) is 8.87. The van der Waals surface area contributed by atoms with Crippen molar-refractivity contribution in [3.05, 3.63) is 20.8 Å². The first-order valence-electron chi connectivity index (χ1n) is 4.51. The summed E-state index contributed by atoms with van der Waals surface area (Å²) in [6.07, 6.45) is 0. The van der Waals surface area contributed by atoms with Gasteiger partial charge in [0, 0.05) is 29.3 Å². The maximum absolute atomic E-state index is 11.5. The summed E-state index contributed by atoms with van der Waals surface area (Å²) in [6, 6.07) is 0. The van der Waals surface area contributed by atoms with E-state index in [-0.39, 0.29) is 0 Å². The molecule has 0 saturated heterocycles. The molecule has 0 aliphatic heterocycles. The highest BCUT2D eigenvalue weighted by atomic mass is 79.9. The van der Waals surface area contributed by atoms with Crippen molar-refractivity contribution in [2.24, 2.45) is 0 Å². The summed E-state index contributed by atoms with van der Waals surface area (Å²) in [5.41, 5.74) is 0.434. The number of carbonyl (C=O) groups excluding carboxylic acids is 2. The number of rotatable bonds is 2. The predicted molar refractivity (Wildman–Crippen MR) is 66.4 cm³/mol. The number of nitrogens with zero attached hydrogens (tertiary/aromatic N) is 1. The zero-order valence-corrected chi connectivity index (χ0v) is 11.6. The topological polar surface area (TPSA) is 37.4 Å². The summed E-state index contributed by atoms with van der Waals surface area (Å²) in [7, 11) is 3.11. The van der Waals surface area contributed by atoms with E-state index < -0.39 is 11.7 Å². The van der Waals surface area contributed by atoms with E-state index in [0.29, 0.717) is 10.0 Å². The zero-order valence-electron chi connectivity index (χ0n) is 9.20. The number of hydrogen-bond donors (Lipinski definition) is 0. The molecule has 3 nitrogen and oxygen atoms in total. The Hall–Kier alpha value is -0.680. The van der Waals surface area contributed by atoms with Gasteiger partial charge in [-0.1, -0.05) is 13.8 Å². The van der Waals surface area contributed by atoms with E-state index in [1.165, 1.54) is 16.2 Å². The molecule has 0 saturated carbocycles. The van der Waals surface area contributed by atoms with Crippen molar-refractivity contribution in [1.29, 1.82) is 0 Å². The van der Waals surface area contributed by atoms with Crippen molar-refractivity contribution in [1.82, 2.24) is 4.90 Å². The van der Waals surface area contributed by atoms with Crippen LogP contribution in [0, 0.1) is 0 Å². The van der Waals surface area contributed by atoms with Gasteiger partial charge in [-0.25, -0.2) is 0 Å². The van der Waals surface area contributed by atoms with Gasteiger partial charge in [-0.05, 0) is 15.9 Å². The van der Waals surface area contributed by atoms with Crippen LogP contribution in [0.4, 0.5) is 0 Å². The van der Waals surface area contributed by atoms with E-state index in [1.807, 2.05) is 13.8 Å². The van der Waals surface area contributed by atoms with Crippen LogP contribution in [0.1, 0.15) is 24.2 Å². The second-order valence-corrected chi connectivity index (χ2v) is 4.26. The zero-order chi connectivity index (χ0) is 12.0. The number of hydrogen-bond acceptors (Lipinski definition) is 3. The van der Waals surface area contributed by atoms with E-state index in [4.69, 9.17) is 0 Å². The average Bonchev–Trinajstić information content (AvgIpc) is 2.65. The Labute approximate surface area is 102 Å². The molecule has 0 radical (unpaired) electrons. The molecule has 1 amide bonds. The number of carbonyl (C=O) groups is 2. The monoisotopic (exact) mass is 291 g/mol. The van der Waals surface area contributed by atoms with E-state index >= 15 is 0 Å². The maximum Gasteiger partial charge on any atom is 0.294 e. The Morgan fingerprint density at radius 3 is 2.13 bits per heavy atom. The molecule has 0 fully saturated rings. The van der Waals surface area contributed by atoms with Crippen molar-refractivity contribution in [3.63, 3.8) is 0 Å². The molecule has 0 spiro atoms. The third kappa shape index (κ3) is 3.76. The molecular weight excluding hydrogens is 278 g/mol. The van der Waals surface area contributed by atoms with Gasteiger partial charge < -0.3 is 4.90 Å². The number of amides is 1. The summed E-state index contributed by atoms with van der Waals surface area (Å²) in [6.45, 7) is 4.00. The molecule has 1 heterocycles. The van der Waals surface area contributed by atoms with Gasteiger partial charge in [-0.2, -0.15) is 11.3 Å². The van der Waals surface area contributed by atoms with E-state index in [1.54, 1.807) is 24.9 Å². The van der Waals surface area contributed by atoms with E-state index in [9.17, 15) is 9.59 Å².